The number of methoxy groups -OCH3 is 1. The molecule has 3 rings (SSSR count). The van der Waals surface area contributed by atoms with E-state index in [0.717, 1.165) is 61.2 Å². The van der Waals surface area contributed by atoms with Crippen LogP contribution >= 0.6 is 0 Å². The molecule has 1 aromatic heterocycles. The van der Waals surface area contributed by atoms with Gasteiger partial charge in [0.25, 0.3) is 0 Å². The summed E-state index contributed by atoms with van der Waals surface area (Å²) in [6, 6.07) is 20.4. The van der Waals surface area contributed by atoms with Crippen LogP contribution in [0.4, 0.5) is 0 Å². The summed E-state index contributed by atoms with van der Waals surface area (Å²) in [5, 5.41) is 9.54. The van der Waals surface area contributed by atoms with E-state index in [0.29, 0.717) is 6.42 Å². The first-order valence-corrected chi connectivity index (χ1v) is 9.90. The highest BCUT2D eigenvalue weighted by atomic mass is 16.5. The minimum atomic E-state index is -0.123. The predicted molar refractivity (Wildman–Crippen MR) is 111 cm³/mol. The Morgan fingerprint density at radius 1 is 0.786 bits per heavy atom. The van der Waals surface area contributed by atoms with Crippen LogP contribution in [0.5, 0.6) is 0 Å². The van der Waals surface area contributed by atoms with Crippen LogP contribution in [-0.2, 0) is 16.1 Å². The molecule has 0 N–H and O–H groups in total. The van der Waals surface area contributed by atoms with Gasteiger partial charge in [0.2, 0.25) is 0 Å². The van der Waals surface area contributed by atoms with Gasteiger partial charge in [0.1, 0.15) is 11.4 Å². The van der Waals surface area contributed by atoms with Gasteiger partial charge >= 0.3 is 5.97 Å². The molecular weight excluding hydrogens is 350 g/mol. The Morgan fingerprint density at radius 2 is 1.29 bits per heavy atom. The molecule has 0 aliphatic carbocycles. The van der Waals surface area contributed by atoms with Gasteiger partial charge in [0, 0.05) is 17.5 Å². The van der Waals surface area contributed by atoms with E-state index in [1.807, 2.05) is 41.2 Å². The Hall–Kier alpha value is -2.95. The highest BCUT2D eigenvalue weighted by molar-refractivity contribution is 5.77. The SMILES string of the molecule is COC(=O)CCCCCCCn1nc(-c2ccccc2)c(-c2ccccc2)n1. The Morgan fingerprint density at radius 3 is 1.82 bits per heavy atom. The van der Waals surface area contributed by atoms with Gasteiger partial charge < -0.3 is 4.74 Å². The molecular formula is C23H27N3O2. The van der Waals surface area contributed by atoms with E-state index in [1.54, 1.807) is 0 Å². The van der Waals surface area contributed by atoms with E-state index in [2.05, 4.69) is 29.0 Å². The molecule has 0 radical (unpaired) electrons. The molecule has 0 aliphatic rings. The summed E-state index contributed by atoms with van der Waals surface area (Å²) in [6.07, 6.45) is 5.68. The molecule has 0 unspecified atom stereocenters. The molecule has 0 spiro atoms. The van der Waals surface area contributed by atoms with Gasteiger partial charge in [-0.15, -0.1) is 0 Å². The third kappa shape index (κ3) is 5.52. The van der Waals surface area contributed by atoms with Crippen molar-refractivity contribution in [3.05, 3.63) is 60.7 Å². The summed E-state index contributed by atoms with van der Waals surface area (Å²) in [4.78, 5) is 12.9. The average Bonchev–Trinajstić information content (AvgIpc) is 3.18. The van der Waals surface area contributed by atoms with Crippen molar-refractivity contribution in [2.45, 2.75) is 45.1 Å². The summed E-state index contributed by atoms with van der Waals surface area (Å²) >= 11 is 0. The van der Waals surface area contributed by atoms with E-state index in [4.69, 9.17) is 10.2 Å². The summed E-state index contributed by atoms with van der Waals surface area (Å²) in [5.74, 6) is -0.123. The molecule has 1 heterocycles. The molecule has 0 saturated heterocycles. The van der Waals surface area contributed by atoms with Gasteiger partial charge in [0.15, 0.2) is 0 Å². The Balaban J connectivity index is 1.60. The van der Waals surface area contributed by atoms with E-state index < -0.39 is 0 Å². The van der Waals surface area contributed by atoms with Crippen LogP contribution in [0.1, 0.15) is 38.5 Å². The van der Waals surface area contributed by atoms with Crippen LogP contribution in [0.3, 0.4) is 0 Å². The molecule has 0 amide bonds. The standard InChI is InChI=1S/C23H27N3O2/c1-28-21(27)17-11-3-2-4-12-18-26-24-22(19-13-7-5-8-14-19)23(25-26)20-15-9-6-10-16-20/h5-10,13-16H,2-4,11-12,17-18H2,1H3. The first kappa shape index (κ1) is 19.8. The zero-order chi connectivity index (χ0) is 19.6. The van der Waals surface area contributed by atoms with Crippen molar-refractivity contribution >= 4 is 5.97 Å². The first-order valence-electron chi connectivity index (χ1n) is 9.90. The van der Waals surface area contributed by atoms with Gasteiger partial charge in [-0.3, -0.25) is 4.79 Å². The number of hydrogen-bond donors (Lipinski definition) is 0. The van der Waals surface area contributed by atoms with E-state index in [9.17, 15) is 4.79 Å². The van der Waals surface area contributed by atoms with Crippen LogP contribution < -0.4 is 0 Å². The van der Waals surface area contributed by atoms with Gasteiger partial charge in [-0.05, 0) is 12.8 Å². The fourth-order valence-electron chi connectivity index (χ4n) is 3.18. The summed E-state index contributed by atoms with van der Waals surface area (Å²) in [6.45, 7) is 0.795. The smallest absolute Gasteiger partial charge is 0.305 e. The fraction of sp³-hybridized carbons (Fsp3) is 0.348. The molecule has 146 valence electrons. The molecule has 2 aromatic carbocycles. The van der Waals surface area contributed by atoms with Crippen LogP contribution in [0.25, 0.3) is 22.5 Å². The highest BCUT2D eigenvalue weighted by Crippen LogP contribution is 2.28. The summed E-state index contributed by atoms with van der Waals surface area (Å²) in [7, 11) is 1.44. The number of unbranched alkanes of at least 4 members (excludes halogenated alkanes) is 4. The van der Waals surface area contributed by atoms with E-state index >= 15 is 0 Å². The Kier molecular flexibility index (Phi) is 7.36. The predicted octanol–water partition coefficient (Wildman–Crippen LogP) is 5.13. The number of carbonyl (C=O) groups is 1. The number of nitrogens with zero attached hydrogens (tertiary/aromatic N) is 3. The second kappa shape index (κ2) is 10.4. The van der Waals surface area contributed by atoms with Crippen molar-refractivity contribution in [2.24, 2.45) is 0 Å². The van der Waals surface area contributed by atoms with Gasteiger partial charge in [-0.1, -0.05) is 79.9 Å². The molecule has 3 aromatic rings. The minimum absolute atomic E-state index is 0.123. The summed E-state index contributed by atoms with van der Waals surface area (Å²) < 4.78 is 4.66. The first-order chi connectivity index (χ1) is 13.8. The number of rotatable bonds is 10. The summed E-state index contributed by atoms with van der Waals surface area (Å²) in [5.41, 5.74) is 4.00. The maximum Gasteiger partial charge on any atom is 0.305 e. The third-order valence-electron chi connectivity index (χ3n) is 4.72. The molecule has 28 heavy (non-hydrogen) atoms. The maximum absolute atomic E-state index is 11.1. The number of aromatic nitrogens is 3. The largest absolute Gasteiger partial charge is 0.469 e. The molecule has 5 heteroatoms. The lowest BCUT2D eigenvalue weighted by molar-refractivity contribution is -0.140. The van der Waals surface area contributed by atoms with Crippen molar-refractivity contribution in [2.75, 3.05) is 7.11 Å². The molecule has 0 aliphatic heterocycles. The zero-order valence-electron chi connectivity index (χ0n) is 16.4. The third-order valence-corrected chi connectivity index (χ3v) is 4.72. The number of carbonyl (C=O) groups excluding carboxylic acids is 1. The lowest BCUT2D eigenvalue weighted by Crippen LogP contribution is -2.03. The molecule has 0 saturated carbocycles. The van der Waals surface area contributed by atoms with Crippen molar-refractivity contribution < 1.29 is 9.53 Å². The second-order valence-corrected chi connectivity index (χ2v) is 6.82. The number of esters is 1. The van der Waals surface area contributed by atoms with Crippen molar-refractivity contribution in [3.8, 4) is 22.5 Å². The minimum Gasteiger partial charge on any atom is -0.469 e. The second-order valence-electron chi connectivity index (χ2n) is 6.82. The van der Waals surface area contributed by atoms with Crippen LogP contribution in [0.2, 0.25) is 0 Å². The van der Waals surface area contributed by atoms with Crippen molar-refractivity contribution in [3.63, 3.8) is 0 Å². The maximum atomic E-state index is 11.1. The van der Waals surface area contributed by atoms with Gasteiger partial charge in [-0.2, -0.15) is 15.0 Å². The van der Waals surface area contributed by atoms with Crippen LogP contribution in [0.15, 0.2) is 60.7 Å². The quantitative estimate of drug-likeness (QED) is 0.363. The average molecular weight is 377 g/mol. The molecule has 0 atom stereocenters. The number of benzene rings is 2. The van der Waals surface area contributed by atoms with E-state index in [-0.39, 0.29) is 5.97 Å². The lowest BCUT2D eigenvalue weighted by atomic mass is 10.1. The van der Waals surface area contributed by atoms with Gasteiger partial charge in [-0.25, -0.2) is 0 Å². The monoisotopic (exact) mass is 377 g/mol. The molecule has 0 fully saturated rings. The van der Waals surface area contributed by atoms with Crippen LogP contribution in [0, 0.1) is 0 Å². The molecule has 5 nitrogen and oxygen atoms in total. The number of aryl methyl sites for hydroxylation is 1. The normalized spacial score (nSPS) is 10.8. The molecule has 0 bridgehead atoms. The van der Waals surface area contributed by atoms with Gasteiger partial charge in [0.05, 0.1) is 13.7 Å². The topological polar surface area (TPSA) is 57.0 Å². The zero-order valence-corrected chi connectivity index (χ0v) is 16.4. The van der Waals surface area contributed by atoms with Crippen molar-refractivity contribution in [1.82, 2.24) is 15.0 Å². The number of hydrogen-bond acceptors (Lipinski definition) is 4. The Bertz CT molecular complexity index is 803. The highest BCUT2D eigenvalue weighted by Gasteiger charge is 2.14. The van der Waals surface area contributed by atoms with E-state index in [1.165, 1.54) is 7.11 Å². The van der Waals surface area contributed by atoms with Crippen LogP contribution in [-0.4, -0.2) is 28.1 Å². The van der Waals surface area contributed by atoms with Crippen molar-refractivity contribution in [1.29, 1.82) is 0 Å². The number of ether oxygens (including phenoxy) is 1. The fourth-order valence-corrected chi connectivity index (χ4v) is 3.18. The Labute approximate surface area is 166 Å². The lowest BCUT2D eigenvalue weighted by Gasteiger charge is -2.01.